The number of carbonyl (C=O) groups excluding carboxylic acids is 1. The molecule has 5 rings (SSSR count). The van der Waals surface area contributed by atoms with Crippen molar-refractivity contribution in [2.24, 2.45) is 5.92 Å². The van der Waals surface area contributed by atoms with Crippen LogP contribution in [0.1, 0.15) is 28.5 Å². The summed E-state index contributed by atoms with van der Waals surface area (Å²) >= 11 is 1.62. The Morgan fingerprint density at radius 2 is 2.12 bits per heavy atom. The lowest BCUT2D eigenvalue weighted by Gasteiger charge is -2.42. The van der Waals surface area contributed by atoms with E-state index >= 15 is 0 Å². The SMILES string of the molecule is O=C(c1cc(-c2cccs2)[nH]n1)N1C[C@H]2C[C@H](C1)c1cccc(=O)n1C2. The molecule has 0 aromatic carbocycles. The van der Waals surface area contributed by atoms with E-state index in [2.05, 4.69) is 10.2 Å². The summed E-state index contributed by atoms with van der Waals surface area (Å²) in [6.07, 6.45) is 1.04. The average molecular weight is 366 g/mol. The van der Waals surface area contributed by atoms with Crippen LogP contribution >= 0.6 is 11.3 Å². The zero-order valence-corrected chi connectivity index (χ0v) is 14.9. The summed E-state index contributed by atoms with van der Waals surface area (Å²) in [4.78, 5) is 28.1. The van der Waals surface area contributed by atoms with Gasteiger partial charge in [0.1, 0.15) is 0 Å². The van der Waals surface area contributed by atoms with E-state index < -0.39 is 0 Å². The number of aromatic amines is 1. The maximum Gasteiger partial charge on any atom is 0.274 e. The van der Waals surface area contributed by atoms with E-state index in [9.17, 15) is 9.59 Å². The molecule has 132 valence electrons. The highest BCUT2D eigenvalue weighted by Gasteiger charge is 2.36. The molecule has 3 aromatic rings. The van der Waals surface area contributed by atoms with Gasteiger partial charge in [-0.2, -0.15) is 5.10 Å². The van der Waals surface area contributed by atoms with E-state index in [-0.39, 0.29) is 17.4 Å². The zero-order valence-electron chi connectivity index (χ0n) is 14.1. The van der Waals surface area contributed by atoms with Crippen LogP contribution in [0, 0.1) is 5.92 Å². The van der Waals surface area contributed by atoms with Gasteiger partial charge < -0.3 is 9.47 Å². The quantitative estimate of drug-likeness (QED) is 0.758. The number of likely N-dealkylation sites (tertiary alicyclic amines) is 1. The Hall–Kier alpha value is -2.67. The molecule has 0 spiro atoms. The lowest BCUT2D eigenvalue weighted by Crippen LogP contribution is -2.49. The van der Waals surface area contributed by atoms with Crippen LogP contribution in [0.25, 0.3) is 10.6 Å². The van der Waals surface area contributed by atoms with Crippen molar-refractivity contribution in [1.29, 1.82) is 0 Å². The Kier molecular flexibility index (Phi) is 3.56. The van der Waals surface area contributed by atoms with Crippen LogP contribution in [0.2, 0.25) is 0 Å². The van der Waals surface area contributed by atoms with E-state index in [1.165, 1.54) is 0 Å². The number of amides is 1. The molecule has 0 aliphatic carbocycles. The van der Waals surface area contributed by atoms with E-state index in [0.29, 0.717) is 31.2 Å². The molecule has 2 bridgehead atoms. The number of aromatic nitrogens is 3. The molecule has 26 heavy (non-hydrogen) atoms. The van der Waals surface area contributed by atoms with Crippen molar-refractivity contribution >= 4 is 17.2 Å². The van der Waals surface area contributed by atoms with Crippen LogP contribution in [0.4, 0.5) is 0 Å². The third-order valence-electron chi connectivity index (χ3n) is 5.35. The highest BCUT2D eigenvalue weighted by Crippen LogP contribution is 2.35. The summed E-state index contributed by atoms with van der Waals surface area (Å²) in [6, 6.07) is 11.3. The molecule has 0 unspecified atom stereocenters. The number of pyridine rings is 1. The van der Waals surface area contributed by atoms with Crippen molar-refractivity contribution in [3.05, 3.63) is 63.5 Å². The van der Waals surface area contributed by atoms with Crippen LogP contribution in [-0.4, -0.2) is 38.7 Å². The summed E-state index contributed by atoms with van der Waals surface area (Å²) in [5, 5.41) is 9.21. The minimum absolute atomic E-state index is 0.0366. The second-order valence-corrected chi connectivity index (χ2v) is 8.00. The zero-order chi connectivity index (χ0) is 17.7. The van der Waals surface area contributed by atoms with Crippen molar-refractivity contribution in [2.75, 3.05) is 13.1 Å². The number of fused-ring (bicyclic) bond motifs is 4. The van der Waals surface area contributed by atoms with Gasteiger partial charge in [0.15, 0.2) is 5.69 Å². The van der Waals surface area contributed by atoms with Crippen LogP contribution in [0.15, 0.2) is 46.6 Å². The predicted molar refractivity (Wildman–Crippen MR) is 99.4 cm³/mol. The van der Waals surface area contributed by atoms with Gasteiger partial charge in [0.25, 0.3) is 11.5 Å². The maximum atomic E-state index is 13.0. The molecule has 2 aliphatic heterocycles. The first-order valence-electron chi connectivity index (χ1n) is 8.77. The molecule has 1 saturated heterocycles. The number of hydrogen-bond donors (Lipinski definition) is 1. The summed E-state index contributed by atoms with van der Waals surface area (Å²) in [5.41, 5.74) is 2.44. The second kappa shape index (κ2) is 5.95. The molecule has 1 fully saturated rings. The van der Waals surface area contributed by atoms with Crippen LogP contribution < -0.4 is 5.56 Å². The van der Waals surface area contributed by atoms with Crippen molar-refractivity contribution in [2.45, 2.75) is 18.9 Å². The first-order chi connectivity index (χ1) is 12.7. The number of nitrogens with zero attached hydrogens (tertiary/aromatic N) is 3. The third kappa shape index (κ3) is 2.50. The summed E-state index contributed by atoms with van der Waals surface area (Å²) < 4.78 is 1.88. The first-order valence-corrected chi connectivity index (χ1v) is 9.65. The number of nitrogens with one attached hydrogen (secondary N) is 1. The largest absolute Gasteiger partial charge is 0.336 e. The van der Waals surface area contributed by atoms with Gasteiger partial charge in [-0.1, -0.05) is 12.1 Å². The minimum Gasteiger partial charge on any atom is -0.336 e. The van der Waals surface area contributed by atoms with E-state index in [1.54, 1.807) is 17.4 Å². The molecule has 0 radical (unpaired) electrons. The highest BCUT2D eigenvalue weighted by molar-refractivity contribution is 7.13. The predicted octanol–water partition coefficient (Wildman–Crippen LogP) is 2.56. The number of hydrogen-bond acceptors (Lipinski definition) is 4. The lowest BCUT2D eigenvalue weighted by molar-refractivity contribution is 0.0588. The van der Waals surface area contributed by atoms with Gasteiger partial charge in [-0.3, -0.25) is 14.7 Å². The molecule has 3 aromatic heterocycles. The monoisotopic (exact) mass is 366 g/mol. The van der Waals surface area contributed by atoms with Crippen molar-refractivity contribution in [1.82, 2.24) is 19.7 Å². The van der Waals surface area contributed by atoms with Gasteiger partial charge in [-0.05, 0) is 35.9 Å². The lowest BCUT2D eigenvalue weighted by atomic mass is 9.83. The van der Waals surface area contributed by atoms with Gasteiger partial charge in [0.2, 0.25) is 0 Å². The smallest absolute Gasteiger partial charge is 0.274 e. The number of thiophene rings is 1. The Bertz CT molecular complexity index is 1020. The molecular formula is C19H18N4O2S. The molecule has 7 heteroatoms. The number of piperidine rings is 1. The van der Waals surface area contributed by atoms with Gasteiger partial charge in [-0.15, -0.1) is 11.3 Å². The molecule has 6 nitrogen and oxygen atoms in total. The molecule has 0 saturated carbocycles. The molecule has 2 atom stereocenters. The fourth-order valence-electron chi connectivity index (χ4n) is 4.21. The van der Waals surface area contributed by atoms with E-state index in [0.717, 1.165) is 22.7 Å². The fraction of sp³-hybridized carbons (Fsp3) is 0.316. The Balaban J connectivity index is 1.41. The van der Waals surface area contributed by atoms with Gasteiger partial charge in [-0.25, -0.2) is 0 Å². The minimum atomic E-state index is -0.0366. The topological polar surface area (TPSA) is 71.0 Å². The number of carbonyl (C=O) groups is 1. The normalized spacial score (nSPS) is 21.5. The van der Waals surface area contributed by atoms with Crippen molar-refractivity contribution in [3.8, 4) is 10.6 Å². The third-order valence-corrected chi connectivity index (χ3v) is 6.25. The van der Waals surface area contributed by atoms with Gasteiger partial charge in [0, 0.05) is 37.3 Å². The summed E-state index contributed by atoms with van der Waals surface area (Å²) in [6.45, 7) is 2.01. The average Bonchev–Trinajstić information content (AvgIpc) is 3.33. The van der Waals surface area contributed by atoms with E-state index in [4.69, 9.17) is 0 Å². The fourth-order valence-corrected chi connectivity index (χ4v) is 4.91. The van der Waals surface area contributed by atoms with Gasteiger partial charge >= 0.3 is 0 Å². The molecule has 2 aliphatic rings. The Labute approximate surface area is 154 Å². The second-order valence-electron chi connectivity index (χ2n) is 7.05. The Morgan fingerprint density at radius 3 is 2.96 bits per heavy atom. The standard InChI is InChI=1S/C19H18N4O2S/c24-18-5-1-3-16-13-7-12(10-23(16)18)9-22(11-13)19(25)15-8-14(20-21-15)17-4-2-6-26-17/h1-6,8,12-13H,7,9-11H2,(H,20,21)/t12-,13-/m1/s1. The van der Waals surface area contributed by atoms with Gasteiger partial charge in [0.05, 0.1) is 10.6 Å². The number of rotatable bonds is 2. The maximum absolute atomic E-state index is 13.0. The summed E-state index contributed by atoms with van der Waals surface area (Å²) in [5.74, 6) is 0.502. The van der Waals surface area contributed by atoms with E-state index in [1.807, 2.05) is 45.2 Å². The summed E-state index contributed by atoms with van der Waals surface area (Å²) in [7, 11) is 0. The number of H-pyrrole nitrogens is 1. The first kappa shape index (κ1) is 15.6. The molecule has 1 N–H and O–H groups in total. The van der Waals surface area contributed by atoms with Crippen LogP contribution in [0.5, 0.6) is 0 Å². The molecule has 1 amide bonds. The highest BCUT2D eigenvalue weighted by atomic mass is 32.1. The molecular weight excluding hydrogens is 348 g/mol. The van der Waals surface area contributed by atoms with Crippen LogP contribution in [0.3, 0.4) is 0 Å². The molecule has 5 heterocycles. The van der Waals surface area contributed by atoms with Crippen LogP contribution in [-0.2, 0) is 6.54 Å². The van der Waals surface area contributed by atoms with Crippen molar-refractivity contribution < 1.29 is 4.79 Å². The van der Waals surface area contributed by atoms with Crippen molar-refractivity contribution in [3.63, 3.8) is 0 Å². The Morgan fingerprint density at radius 1 is 1.19 bits per heavy atom.